The Morgan fingerprint density at radius 2 is 2.11 bits per heavy atom. The van der Waals surface area contributed by atoms with Gasteiger partial charge < -0.3 is 5.32 Å². The Morgan fingerprint density at radius 3 is 2.89 bits per heavy atom. The molecule has 1 N–H and O–H groups in total. The summed E-state index contributed by atoms with van der Waals surface area (Å²) in [4.78, 5) is 8.88. The van der Waals surface area contributed by atoms with Gasteiger partial charge in [-0.15, -0.1) is 11.6 Å². The molecule has 100 valence electrons. The van der Waals surface area contributed by atoms with Crippen molar-refractivity contribution in [1.82, 2.24) is 9.97 Å². The van der Waals surface area contributed by atoms with E-state index in [-0.39, 0.29) is 0 Å². The monoisotopic (exact) mass is 267 g/mol. The maximum absolute atomic E-state index is 5.84. The van der Waals surface area contributed by atoms with Crippen LogP contribution < -0.4 is 5.32 Å². The summed E-state index contributed by atoms with van der Waals surface area (Å²) in [5.74, 6) is 1.73. The van der Waals surface area contributed by atoms with E-state index in [1.54, 1.807) is 6.33 Å². The number of halogens is 1. The van der Waals surface area contributed by atoms with Gasteiger partial charge in [-0.05, 0) is 38.5 Å². The first-order valence-electron chi connectivity index (χ1n) is 7.00. The highest BCUT2D eigenvalue weighted by Gasteiger charge is 2.16. The molecule has 2 rings (SSSR count). The van der Waals surface area contributed by atoms with Crippen LogP contribution in [-0.4, -0.2) is 21.9 Å². The molecule has 4 heteroatoms. The number of aromatic nitrogens is 2. The first-order chi connectivity index (χ1) is 8.85. The number of fused-ring (bicyclic) bond motifs is 1. The zero-order chi connectivity index (χ0) is 12.8. The molecule has 1 aromatic heterocycles. The average Bonchev–Trinajstić information content (AvgIpc) is 2.64. The van der Waals surface area contributed by atoms with Crippen LogP contribution in [-0.2, 0) is 12.8 Å². The van der Waals surface area contributed by atoms with E-state index in [2.05, 4.69) is 22.2 Å². The van der Waals surface area contributed by atoms with Gasteiger partial charge in [0.25, 0.3) is 0 Å². The molecule has 0 fully saturated rings. The third kappa shape index (κ3) is 3.35. The highest BCUT2D eigenvalue weighted by molar-refractivity contribution is 6.17. The highest BCUT2D eigenvalue weighted by Crippen LogP contribution is 2.24. The number of nitrogens with one attached hydrogen (secondary N) is 1. The quantitative estimate of drug-likeness (QED) is 0.655. The van der Waals surface area contributed by atoms with E-state index in [1.807, 2.05) is 0 Å². The van der Waals surface area contributed by atoms with Crippen LogP contribution in [0.25, 0.3) is 0 Å². The highest BCUT2D eigenvalue weighted by atomic mass is 35.5. The second-order valence-corrected chi connectivity index (χ2v) is 5.31. The van der Waals surface area contributed by atoms with E-state index in [0.29, 0.717) is 11.9 Å². The Bertz CT molecular complexity index is 381. The van der Waals surface area contributed by atoms with Gasteiger partial charge in [-0.1, -0.05) is 13.3 Å². The zero-order valence-electron chi connectivity index (χ0n) is 11.1. The van der Waals surface area contributed by atoms with Gasteiger partial charge in [-0.2, -0.15) is 0 Å². The molecular weight excluding hydrogens is 246 g/mol. The van der Waals surface area contributed by atoms with E-state index in [9.17, 15) is 0 Å². The van der Waals surface area contributed by atoms with E-state index >= 15 is 0 Å². The summed E-state index contributed by atoms with van der Waals surface area (Å²) >= 11 is 5.84. The zero-order valence-corrected chi connectivity index (χ0v) is 11.8. The molecule has 18 heavy (non-hydrogen) atoms. The number of anilines is 1. The lowest BCUT2D eigenvalue weighted by molar-refractivity contribution is 0.668. The molecule has 3 nitrogen and oxygen atoms in total. The molecule has 1 heterocycles. The molecule has 0 saturated carbocycles. The summed E-state index contributed by atoms with van der Waals surface area (Å²) in [6.07, 6.45) is 9.76. The van der Waals surface area contributed by atoms with Crippen LogP contribution in [0.3, 0.4) is 0 Å². The SMILES string of the molecule is CCC(CCCl)Nc1ncnc2c1CCCCC2. The van der Waals surface area contributed by atoms with E-state index in [4.69, 9.17) is 11.6 Å². The van der Waals surface area contributed by atoms with Crippen molar-refractivity contribution < 1.29 is 0 Å². The molecule has 0 radical (unpaired) electrons. The Labute approximate surface area is 114 Å². The van der Waals surface area contributed by atoms with Gasteiger partial charge in [0.15, 0.2) is 0 Å². The molecule has 1 aliphatic carbocycles. The Morgan fingerprint density at radius 1 is 1.28 bits per heavy atom. The standard InChI is InChI=1S/C14H22ClN3/c1-2-11(8-9-15)18-14-12-6-4-3-5-7-13(12)16-10-17-14/h10-11H,2-9H2,1H3,(H,16,17,18). The summed E-state index contributed by atoms with van der Waals surface area (Å²) in [7, 11) is 0. The fraction of sp³-hybridized carbons (Fsp3) is 0.714. The maximum Gasteiger partial charge on any atom is 0.133 e. The van der Waals surface area contributed by atoms with Gasteiger partial charge >= 0.3 is 0 Å². The van der Waals surface area contributed by atoms with E-state index < -0.39 is 0 Å². The minimum Gasteiger partial charge on any atom is -0.367 e. The van der Waals surface area contributed by atoms with Crippen molar-refractivity contribution in [3.8, 4) is 0 Å². The molecule has 0 amide bonds. The number of rotatable bonds is 5. The summed E-state index contributed by atoms with van der Waals surface area (Å²) in [6, 6.07) is 0.421. The molecular formula is C14H22ClN3. The van der Waals surface area contributed by atoms with Crippen LogP contribution in [0.5, 0.6) is 0 Å². The Hall–Kier alpha value is -0.830. The van der Waals surface area contributed by atoms with Crippen LogP contribution in [0.1, 0.15) is 50.3 Å². The van der Waals surface area contributed by atoms with E-state index in [1.165, 1.54) is 30.5 Å². The topological polar surface area (TPSA) is 37.8 Å². The second-order valence-electron chi connectivity index (χ2n) is 4.94. The lowest BCUT2D eigenvalue weighted by Gasteiger charge is -2.19. The molecule has 1 atom stereocenters. The summed E-state index contributed by atoms with van der Waals surface area (Å²) < 4.78 is 0. The van der Waals surface area contributed by atoms with Crippen molar-refractivity contribution in [3.63, 3.8) is 0 Å². The fourth-order valence-corrected chi connectivity index (χ4v) is 2.79. The molecule has 0 aliphatic heterocycles. The predicted molar refractivity (Wildman–Crippen MR) is 76.3 cm³/mol. The molecule has 1 unspecified atom stereocenters. The van der Waals surface area contributed by atoms with Crippen LogP contribution in [0, 0.1) is 0 Å². The number of aryl methyl sites for hydroxylation is 1. The van der Waals surface area contributed by atoms with Gasteiger partial charge in [0.2, 0.25) is 0 Å². The van der Waals surface area contributed by atoms with Crippen LogP contribution in [0.2, 0.25) is 0 Å². The van der Waals surface area contributed by atoms with Crippen molar-refractivity contribution in [1.29, 1.82) is 0 Å². The second kappa shape index (κ2) is 6.93. The predicted octanol–water partition coefficient (Wildman–Crippen LogP) is 3.56. The largest absolute Gasteiger partial charge is 0.367 e. The lowest BCUT2D eigenvalue weighted by atomic mass is 10.1. The van der Waals surface area contributed by atoms with Gasteiger partial charge in [0.05, 0.1) is 0 Å². The first kappa shape index (κ1) is 13.6. The third-order valence-electron chi connectivity index (χ3n) is 3.67. The van der Waals surface area contributed by atoms with Crippen LogP contribution >= 0.6 is 11.6 Å². The van der Waals surface area contributed by atoms with Crippen molar-refractivity contribution >= 4 is 17.4 Å². The smallest absolute Gasteiger partial charge is 0.133 e. The molecule has 0 spiro atoms. The van der Waals surface area contributed by atoms with Crippen molar-refractivity contribution in [2.24, 2.45) is 0 Å². The summed E-state index contributed by atoms with van der Waals surface area (Å²) in [6.45, 7) is 2.18. The lowest BCUT2D eigenvalue weighted by Crippen LogP contribution is -2.21. The summed E-state index contributed by atoms with van der Waals surface area (Å²) in [5.41, 5.74) is 2.58. The molecule has 0 aromatic carbocycles. The van der Waals surface area contributed by atoms with Gasteiger partial charge in [-0.25, -0.2) is 9.97 Å². The minimum atomic E-state index is 0.421. The van der Waals surface area contributed by atoms with Gasteiger partial charge in [0.1, 0.15) is 12.1 Å². The molecule has 1 aliphatic rings. The van der Waals surface area contributed by atoms with Crippen LogP contribution in [0.15, 0.2) is 6.33 Å². The van der Waals surface area contributed by atoms with Gasteiger partial charge in [-0.3, -0.25) is 0 Å². The van der Waals surface area contributed by atoms with Gasteiger partial charge in [0, 0.05) is 23.2 Å². The first-order valence-corrected chi connectivity index (χ1v) is 7.53. The average molecular weight is 268 g/mol. The number of alkyl halides is 1. The fourth-order valence-electron chi connectivity index (χ4n) is 2.53. The number of hydrogen-bond acceptors (Lipinski definition) is 3. The molecule has 0 saturated heterocycles. The summed E-state index contributed by atoms with van der Waals surface area (Å²) in [5, 5.41) is 3.55. The van der Waals surface area contributed by atoms with Crippen LogP contribution in [0.4, 0.5) is 5.82 Å². The number of hydrogen-bond donors (Lipinski definition) is 1. The van der Waals surface area contributed by atoms with Crippen molar-refractivity contribution in [3.05, 3.63) is 17.6 Å². The maximum atomic E-state index is 5.84. The molecule has 0 bridgehead atoms. The van der Waals surface area contributed by atoms with Crippen molar-refractivity contribution in [2.75, 3.05) is 11.2 Å². The van der Waals surface area contributed by atoms with Crippen molar-refractivity contribution in [2.45, 2.75) is 57.9 Å². The normalized spacial score (nSPS) is 16.8. The third-order valence-corrected chi connectivity index (χ3v) is 3.88. The minimum absolute atomic E-state index is 0.421. The number of nitrogens with zero attached hydrogens (tertiary/aromatic N) is 2. The Balaban J connectivity index is 2.17. The molecule has 1 aromatic rings. The van der Waals surface area contributed by atoms with E-state index in [0.717, 1.165) is 31.5 Å². The Kier molecular flexibility index (Phi) is 5.24.